The molecule has 3 unspecified atom stereocenters. The highest BCUT2D eigenvalue weighted by Crippen LogP contribution is 2.27. The second-order valence-electron chi connectivity index (χ2n) is 5.60. The highest BCUT2D eigenvalue weighted by molar-refractivity contribution is 5.16. The molecule has 0 aromatic heterocycles. The Balaban J connectivity index is 0.000000191. The fourth-order valence-corrected chi connectivity index (χ4v) is 2.48. The largest absolute Gasteiger partial charge is 0.330 e. The fraction of sp³-hybridized carbons (Fsp3) is 0.625. The first-order valence-electron chi connectivity index (χ1n) is 7.24. The van der Waals surface area contributed by atoms with E-state index in [0.29, 0.717) is 12.6 Å². The van der Waals surface area contributed by atoms with Crippen molar-refractivity contribution in [2.24, 2.45) is 23.3 Å². The molecule has 0 aliphatic heterocycles. The van der Waals surface area contributed by atoms with Crippen LogP contribution in [0.15, 0.2) is 24.3 Å². The first-order valence-corrected chi connectivity index (χ1v) is 7.24. The van der Waals surface area contributed by atoms with E-state index < -0.39 is 0 Å². The maximum Gasteiger partial charge on any atom is 0.123 e. The summed E-state index contributed by atoms with van der Waals surface area (Å²) in [5.41, 5.74) is 12.1. The van der Waals surface area contributed by atoms with E-state index in [-0.39, 0.29) is 5.82 Å². The molecular formula is C16H27FN2. The molecule has 4 N–H and O–H groups in total. The Kier molecular flexibility index (Phi) is 7.03. The van der Waals surface area contributed by atoms with Gasteiger partial charge in [0, 0.05) is 6.04 Å². The molecule has 1 aliphatic rings. The van der Waals surface area contributed by atoms with Crippen molar-refractivity contribution in [3.05, 3.63) is 35.6 Å². The van der Waals surface area contributed by atoms with Crippen molar-refractivity contribution in [3.63, 3.8) is 0 Å². The van der Waals surface area contributed by atoms with Gasteiger partial charge in [0.1, 0.15) is 5.82 Å². The lowest BCUT2D eigenvalue weighted by Crippen LogP contribution is -2.35. The molecule has 0 bridgehead atoms. The lowest BCUT2D eigenvalue weighted by atomic mass is 9.78. The minimum atomic E-state index is -0.189. The molecule has 19 heavy (non-hydrogen) atoms. The second-order valence-corrected chi connectivity index (χ2v) is 5.60. The molecule has 1 aromatic carbocycles. The summed E-state index contributed by atoms with van der Waals surface area (Å²) in [5, 5.41) is 0. The Morgan fingerprint density at radius 2 is 2.00 bits per heavy atom. The average molecular weight is 266 g/mol. The molecule has 1 fully saturated rings. The predicted molar refractivity (Wildman–Crippen MR) is 79.3 cm³/mol. The topological polar surface area (TPSA) is 52.0 Å². The summed E-state index contributed by atoms with van der Waals surface area (Å²) in [6, 6.07) is 6.98. The smallest absolute Gasteiger partial charge is 0.123 e. The minimum absolute atomic E-state index is 0.189. The molecule has 0 heterocycles. The van der Waals surface area contributed by atoms with Gasteiger partial charge in [-0.1, -0.05) is 38.8 Å². The number of rotatable bonds is 2. The first kappa shape index (κ1) is 16.1. The van der Waals surface area contributed by atoms with Crippen molar-refractivity contribution in [2.45, 2.75) is 45.6 Å². The molecule has 1 aliphatic carbocycles. The van der Waals surface area contributed by atoms with Crippen LogP contribution < -0.4 is 11.5 Å². The zero-order valence-corrected chi connectivity index (χ0v) is 12.1. The van der Waals surface area contributed by atoms with E-state index in [0.717, 1.165) is 23.8 Å². The molecule has 3 atom stereocenters. The van der Waals surface area contributed by atoms with Crippen LogP contribution in [0.25, 0.3) is 0 Å². The first-order chi connectivity index (χ1) is 9.04. The molecule has 1 saturated carbocycles. The van der Waals surface area contributed by atoms with E-state index in [4.69, 9.17) is 11.5 Å². The molecule has 108 valence electrons. The standard InChI is InChI=1S/C8H10FN.C8H17N/c9-8-3-1-2-7(6-8)4-5-10;1-6-4-3-5-8(9)7(6)2/h1-3,6H,4-5,10H2;6-8H,3-5,9H2,1-2H3. The van der Waals surface area contributed by atoms with Crippen LogP contribution in [-0.4, -0.2) is 12.6 Å². The van der Waals surface area contributed by atoms with E-state index >= 15 is 0 Å². The SMILES string of the molecule is CC1CCCC(N)C1C.NCCc1cccc(F)c1. The summed E-state index contributed by atoms with van der Waals surface area (Å²) >= 11 is 0. The van der Waals surface area contributed by atoms with Crippen molar-refractivity contribution in [2.75, 3.05) is 6.54 Å². The van der Waals surface area contributed by atoms with Crippen molar-refractivity contribution < 1.29 is 4.39 Å². The Hall–Kier alpha value is -0.930. The maximum absolute atomic E-state index is 12.4. The molecule has 2 rings (SSSR count). The molecule has 0 saturated heterocycles. The van der Waals surface area contributed by atoms with Crippen molar-refractivity contribution in [1.82, 2.24) is 0 Å². The van der Waals surface area contributed by atoms with Crippen LogP contribution in [0.4, 0.5) is 4.39 Å². The second kappa shape index (κ2) is 8.28. The summed E-state index contributed by atoms with van der Waals surface area (Å²) in [6.07, 6.45) is 4.71. The monoisotopic (exact) mass is 266 g/mol. The summed E-state index contributed by atoms with van der Waals surface area (Å²) in [7, 11) is 0. The summed E-state index contributed by atoms with van der Waals surface area (Å²) < 4.78 is 12.4. The molecular weight excluding hydrogens is 239 g/mol. The molecule has 1 aromatic rings. The maximum atomic E-state index is 12.4. The Morgan fingerprint density at radius 3 is 2.53 bits per heavy atom. The van der Waals surface area contributed by atoms with E-state index in [1.165, 1.54) is 31.4 Å². The van der Waals surface area contributed by atoms with Crippen LogP contribution in [0.3, 0.4) is 0 Å². The lowest BCUT2D eigenvalue weighted by Gasteiger charge is -2.31. The third-order valence-electron chi connectivity index (χ3n) is 4.09. The van der Waals surface area contributed by atoms with Crippen LogP contribution >= 0.6 is 0 Å². The van der Waals surface area contributed by atoms with Gasteiger partial charge in [-0.05, 0) is 48.9 Å². The third kappa shape index (κ3) is 5.70. The summed E-state index contributed by atoms with van der Waals surface area (Å²) in [6.45, 7) is 5.15. The fourth-order valence-electron chi connectivity index (χ4n) is 2.48. The van der Waals surface area contributed by atoms with Crippen LogP contribution in [0.1, 0.15) is 38.7 Å². The minimum Gasteiger partial charge on any atom is -0.330 e. The quantitative estimate of drug-likeness (QED) is 0.864. The van der Waals surface area contributed by atoms with E-state index in [1.54, 1.807) is 6.07 Å². The average Bonchev–Trinajstić information content (AvgIpc) is 2.37. The lowest BCUT2D eigenvalue weighted by molar-refractivity contribution is 0.240. The van der Waals surface area contributed by atoms with Gasteiger partial charge >= 0.3 is 0 Å². The summed E-state index contributed by atoms with van der Waals surface area (Å²) in [5.74, 6) is 1.42. The number of hydrogen-bond acceptors (Lipinski definition) is 2. The van der Waals surface area contributed by atoms with Gasteiger partial charge in [-0.3, -0.25) is 0 Å². The van der Waals surface area contributed by atoms with Crippen LogP contribution in [0.2, 0.25) is 0 Å². The van der Waals surface area contributed by atoms with Gasteiger partial charge < -0.3 is 11.5 Å². The Morgan fingerprint density at radius 1 is 1.26 bits per heavy atom. The van der Waals surface area contributed by atoms with Gasteiger partial charge in [0.15, 0.2) is 0 Å². The number of nitrogens with two attached hydrogens (primary N) is 2. The van der Waals surface area contributed by atoms with Gasteiger partial charge in [-0.2, -0.15) is 0 Å². The highest BCUT2D eigenvalue weighted by atomic mass is 19.1. The Bertz CT molecular complexity index is 358. The van der Waals surface area contributed by atoms with Crippen molar-refractivity contribution in [1.29, 1.82) is 0 Å². The number of hydrogen-bond donors (Lipinski definition) is 2. The zero-order chi connectivity index (χ0) is 14.3. The van der Waals surface area contributed by atoms with Gasteiger partial charge in [-0.15, -0.1) is 0 Å². The van der Waals surface area contributed by atoms with Gasteiger partial charge in [0.2, 0.25) is 0 Å². The third-order valence-corrected chi connectivity index (χ3v) is 4.09. The Labute approximate surface area is 116 Å². The highest BCUT2D eigenvalue weighted by Gasteiger charge is 2.23. The van der Waals surface area contributed by atoms with Crippen LogP contribution in [-0.2, 0) is 6.42 Å². The summed E-state index contributed by atoms with van der Waals surface area (Å²) in [4.78, 5) is 0. The van der Waals surface area contributed by atoms with Gasteiger partial charge in [0.05, 0.1) is 0 Å². The van der Waals surface area contributed by atoms with Gasteiger partial charge in [-0.25, -0.2) is 4.39 Å². The normalized spacial score (nSPS) is 26.5. The number of benzene rings is 1. The predicted octanol–water partition coefficient (Wildman–Crippen LogP) is 3.10. The van der Waals surface area contributed by atoms with E-state index in [2.05, 4.69) is 13.8 Å². The number of halogens is 1. The molecule has 2 nitrogen and oxygen atoms in total. The zero-order valence-electron chi connectivity index (χ0n) is 12.1. The van der Waals surface area contributed by atoms with E-state index in [9.17, 15) is 4.39 Å². The molecule has 0 spiro atoms. The van der Waals surface area contributed by atoms with Crippen molar-refractivity contribution in [3.8, 4) is 0 Å². The molecule has 0 amide bonds. The van der Waals surface area contributed by atoms with Crippen LogP contribution in [0, 0.1) is 17.7 Å². The van der Waals surface area contributed by atoms with E-state index in [1.807, 2.05) is 6.07 Å². The molecule has 0 radical (unpaired) electrons. The molecule has 3 heteroatoms. The van der Waals surface area contributed by atoms with Crippen LogP contribution in [0.5, 0.6) is 0 Å². The van der Waals surface area contributed by atoms with Gasteiger partial charge in [0.25, 0.3) is 0 Å². The van der Waals surface area contributed by atoms with Crippen molar-refractivity contribution >= 4 is 0 Å².